The molecule has 0 unspecified atom stereocenters. The Kier molecular flexibility index (Phi) is 6.32. The normalized spacial score (nSPS) is 10.2. The highest BCUT2D eigenvalue weighted by Gasteiger charge is 2.13. The monoisotopic (exact) mass is 415 g/mol. The van der Waals surface area contributed by atoms with Crippen LogP contribution in [0.5, 0.6) is 0 Å². The van der Waals surface area contributed by atoms with Crippen molar-refractivity contribution < 1.29 is 19.1 Å². The standard InChI is InChI=1S/C15H11BrClNO4S/c16-10-3-1-2-9(6-10)15(21)18-7-14(20)22-8-11(19)12-4-5-13(17)23-12/h1-6H,7-8H2,(H,18,21). The van der Waals surface area contributed by atoms with Gasteiger partial charge in [-0.25, -0.2) is 0 Å². The van der Waals surface area contributed by atoms with Crippen molar-refractivity contribution in [1.82, 2.24) is 5.32 Å². The maximum atomic E-state index is 11.8. The highest BCUT2D eigenvalue weighted by Crippen LogP contribution is 2.21. The van der Waals surface area contributed by atoms with Crippen molar-refractivity contribution in [1.29, 1.82) is 0 Å². The van der Waals surface area contributed by atoms with Gasteiger partial charge in [0.15, 0.2) is 6.61 Å². The summed E-state index contributed by atoms with van der Waals surface area (Å²) >= 11 is 10.1. The number of thiophene rings is 1. The minimum absolute atomic E-state index is 0.316. The number of esters is 1. The molecule has 23 heavy (non-hydrogen) atoms. The first-order valence-electron chi connectivity index (χ1n) is 6.43. The van der Waals surface area contributed by atoms with E-state index in [1.54, 1.807) is 36.4 Å². The Morgan fingerprint density at radius 2 is 2.00 bits per heavy atom. The highest BCUT2D eigenvalue weighted by molar-refractivity contribution is 9.10. The third-order valence-electron chi connectivity index (χ3n) is 2.69. The zero-order valence-electron chi connectivity index (χ0n) is 11.7. The molecule has 0 aliphatic heterocycles. The topological polar surface area (TPSA) is 72.5 Å². The van der Waals surface area contributed by atoms with Crippen molar-refractivity contribution in [2.24, 2.45) is 0 Å². The Labute approximate surface area is 149 Å². The van der Waals surface area contributed by atoms with Crippen LogP contribution in [0, 0.1) is 0 Å². The molecule has 1 aromatic heterocycles. The first-order valence-corrected chi connectivity index (χ1v) is 8.42. The number of carbonyl (C=O) groups excluding carboxylic acids is 3. The molecule has 0 aliphatic carbocycles. The van der Waals surface area contributed by atoms with Crippen molar-refractivity contribution >= 4 is 56.5 Å². The summed E-state index contributed by atoms with van der Waals surface area (Å²) in [5, 5.41) is 2.43. The fourth-order valence-corrected chi connectivity index (χ4v) is 2.98. The second kappa shape index (κ2) is 8.24. The number of ether oxygens (including phenoxy) is 1. The lowest BCUT2D eigenvalue weighted by Crippen LogP contribution is -2.31. The van der Waals surface area contributed by atoms with Gasteiger partial charge in [-0.15, -0.1) is 11.3 Å². The van der Waals surface area contributed by atoms with E-state index in [1.807, 2.05) is 0 Å². The van der Waals surface area contributed by atoms with Crippen LogP contribution < -0.4 is 5.32 Å². The Bertz CT molecular complexity index is 747. The molecular weight excluding hydrogens is 406 g/mol. The van der Waals surface area contributed by atoms with Gasteiger partial charge in [0.25, 0.3) is 5.91 Å². The predicted octanol–water partition coefficient (Wildman–Crippen LogP) is 3.32. The highest BCUT2D eigenvalue weighted by atomic mass is 79.9. The number of hydrogen-bond donors (Lipinski definition) is 1. The molecule has 120 valence electrons. The lowest BCUT2D eigenvalue weighted by atomic mass is 10.2. The molecule has 0 fully saturated rings. The van der Waals surface area contributed by atoms with Gasteiger partial charge in [0.2, 0.25) is 5.78 Å². The van der Waals surface area contributed by atoms with E-state index in [4.69, 9.17) is 16.3 Å². The van der Waals surface area contributed by atoms with Gasteiger partial charge in [0.05, 0.1) is 9.21 Å². The van der Waals surface area contributed by atoms with Gasteiger partial charge in [-0.2, -0.15) is 0 Å². The predicted molar refractivity (Wildman–Crippen MR) is 91.1 cm³/mol. The van der Waals surface area contributed by atoms with Crippen LogP contribution >= 0.6 is 38.9 Å². The smallest absolute Gasteiger partial charge is 0.325 e. The summed E-state index contributed by atoms with van der Waals surface area (Å²) in [5.74, 6) is -1.43. The van der Waals surface area contributed by atoms with Gasteiger partial charge in [0.1, 0.15) is 6.54 Å². The van der Waals surface area contributed by atoms with E-state index in [2.05, 4.69) is 21.2 Å². The first kappa shape index (κ1) is 17.7. The molecule has 1 heterocycles. The third-order valence-corrected chi connectivity index (χ3v) is 4.46. The second-order valence-corrected chi connectivity index (χ2v) is 7.01. The fourth-order valence-electron chi connectivity index (χ4n) is 1.62. The van der Waals surface area contributed by atoms with Crippen LogP contribution in [0.15, 0.2) is 40.9 Å². The van der Waals surface area contributed by atoms with E-state index in [0.717, 1.165) is 15.8 Å². The summed E-state index contributed by atoms with van der Waals surface area (Å²) in [6.07, 6.45) is 0. The quantitative estimate of drug-likeness (QED) is 0.579. The summed E-state index contributed by atoms with van der Waals surface area (Å²) in [6.45, 7) is -0.702. The van der Waals surface area contributed by atoms with E-state index in [-0.39, 0.29) is 18.9 Å². The molecule has 0 spiro atoms. The zero-order chi connectivity index (χ0) is 16.8. The molecule has 8 heteroatoms. The number of hydrogen-bond acceptors (Lipinski definition) is 5. The van der Waals surface area contributed by atoms with Gasteiger partial charge in [0, 0.05) is 10.0 Å². The molecular formula is C15H11BrClNO4S. The summed E-state index contributed by atoms with van der Waals surface area (Å²) in [7, 11) is 0. The molecule has 0 saturated heterocycles. The summed E-state index contributed by atoms with van der Waals surface area (Å²) in [6, 6.07) is 9.91. The van der Waals surface area contributed by atoms with Crippen molar-refractivity contribution in [3.8, 4) is 0 Å². The molecule has 2 aromatic rings. The average molecular weight is 417 g/mol. The van der Waals surface area contributed by atoms with Gasteiger partial charge in [-0.3, -0.25) is 14.4 Å². The minimum Gasteiger partial charge on any atom is -0.456 e. The van der Waals surface area contributed by atoms with Crippen molar-refractivity contribution in [2.45, 2.75) is 0 Å². The van der Waals surface area contributed by atoms with Crippen LogP contribution in [0.3, 0.4) is 0 Å². The van der Waals surface area contributed by atoms with E-state index in [0.29, 0.717) is 14.8 Å². The zero-order valence-corrected chi connectivity index (χ0v) is 14.8. The maximum Gasteiger partial charge on any atom is 0.325 e. The minimum atomic E-state index is -0.690. The van der Waals surface area contributed by atoms with E-state index in [1.165, 1.54) is 0 Å². The van der Waals surface area contributed by atoms with Gasteiger partial charge in [-0.1, -0.05) is 33.6 Å². The van der Waals surface area contributed by atoms with Crippen molar-refractivity contribution in [3.05, 3.63) is 55.6 Å². The SMILES string of the molecule is O=C(CNC(=O)c1cccc(Br)c1)OCC(=O)c1ccc(Cl)s1. The molecule has 0 saturated carbocycles. The summed E-state index contributed by atoms with van der Waals surface area (Å²) in [4.78, 5) is 35.6. The van der Waals surface area contributed by atoms with E-state index >= 15 is 0 Å². The van der Waals surface area contributed by atoms with Crippen LogP contribution in [0.2, 0.25) is 4.34 Å². The average Bonchev–Trinajstić information content (AvgIpc) is 2.96. The summed E-state index contributed by atoms with van der Waals surface area (Å²) in [5.41, 5.74) is 0.413. The number of amides is 1. The number of carbonyl (C=O) groups is 3. The number of halogens is 2. The van der Waals surface area contributed by atoms with Gasteiger partial charge < -0.3 is 10.1 Å². The number of Topliss-reactive ketones (excluding diaryl/α,β-unsaturated/α-hetero) is 1. The number of benzene rings is 1. The molecule has 1 N–H and O–H groups in total. The van der Waals surface area contributed by atoms with E-state index < -0.39 is 11.9 Å². The Hall–Kier alpha value is -1.70. The number of rotatable bonds is 6. The molecule has 2 rings (SSSR count). The van der Waals surface area contributed by atoms with Crippen LogP contribution in [-0.2, 0) is 9.53 Å². The van der Waals surface area contributed by atoms with E-state index in [9.17, 15) is 14.4 Å². The molecule has 0 atom stereocenters. The van der Waals surface area contributed by atoms with Crippen LogP contribution in [0.1, 0.15) is 20.0 Å². The molecule has 1 aromatic carbocycles. The number of ketones is 1. The number of nitrogens with one attached hydrogen (secondary N) is 1. The maximum absolute atomic E-state index is 11.8. The molecule has 0 bridgehead atoms. The lowest BCUT2D eigenvalue weighted by Gasteiger charge is -2.06. The fraction of sp³-hybridized carbons (Fsp3) is 0.133. The van der Waals surface area contributed by atoms with Gasteiger partial charge in [-0.05, 0) is 30.3 Å². The van der Waals surface area contributed by atoms with Crippen LogP contribution in [0.25, 0.3) is 0 Å². The molecule has 1 amide bonds. The van der Waals surface area contributed by atoms with Crippen molar-refractivity contribution in [2.75, 3.05) is 13.2 Å². The first-order chi connectivity index (χ1) is 11.0. The lowest BCUT2D eigenvalue weighted by molar-refractivity contribution is -0.141. The molecule has 5 nitrogen and oxygen atoms in total. The molecule has 0 radical (unpaired) electrons. The Morgan fingerprint density at radius 1 is 1.22 bits per heavy atom. The Balaban J connectivity index is 1.77. The largest absolute Gasteiger partial charge is 0.456 e. The van der Waals surface area contributed by atoms with Gasteiger partial charge >= 0.3 is 5.97 Å². The molecule has 0 aliphatic rings. The second-order valence-electron chi connectivity index (χ2n) is 4.38. The van der Waals surface area contributed by atoms with Crippen molar-refractivity contribution in [3.63, 3.8) is 0 Å². The summed E-state index contributed by atoms with van der Waals surface area (Å²) < 4.78 is 6.07. The third kappa shape index (κ3) is 5.46. The Morgan fingerprint density at radius 3 is 2.65 bits per heavy atom. The van der Waals surface area contributed by atoms with Crippen LogP contribution in [0.4, 0.5) is 0 Å². The van der Waals surface area contributed by atoms with Crippen LogP contribution in [-0.4, -0.2) is 30.8 Å².